The van der Waals surface area contributed by atoms with E-state index in [2.05, 4.69) is 16.7 Å². The van der Waals surface area contributed by atoms with Crippen LogP contribution in [0.25, 0.3) is 11.3 Å². The third kappa shape index (κ3) is 3.51. The number of carbonyl (C=O) groups is 2. The van der Waals surface area contributed by atoms with Gasteiger partial charge in [-0.1, -0.05) is 0 Å². The standard InChI is InChI=1S/C25H29N3O3S/c1-14(29)26-20-4-5-31-22-3-2-18(9-19(20)22)21-13-32-24(27-21)28-23(30)25-10-15-6-16(11-25)8-17(7-15)12-25/h2-3,9,13,15-17,20H,4-8,10-12H2,1H3,(H,26,29)(H,27,28,30). The predicted octanol–water partition coefficient (Wildman–Crippen LogP) is 4.92. The number of amides is 2. The molecule has 1 aliphatic heterocycles. The second-order valence-electron chi connectivity index (χ2n) is 10.3. The zero-order chi connectivity index (χ0) is 21.9. The van der Waals surface area contributed by atoms with Crippen molar-refractivity contribution in [1.82, 2.24) is 10.3 Å². The molecule has 4 aliphatic carbocycles. The van der Waals surface area contributed by atoms with Crippen LogP contribution in [0.1, 0.15) is 63.5 Å². The molecule has 32 heavy (non-hydrogen) atoms. The lowest BCUT2D eigenvalue weighted by Crippen LogP contribution is -2.51. The highest BCUT2D eigenvalue weighted by Gasteiger charge is 2.54. The molecular formula is C25H29N3O3S. The molecule has 6 nitrogen and oxygen atoms in total. The number of benzene rings is 1. The summed E-state index contributed by atoms with van der Waals surface area (Å²) in [6.07, 6.45) is 7.90. The summed E-state index contributed by atoms with van der Waals surface area (Å²) in [5.74, 6) is 3.18. The van der Waals surface area contributed by atoms with E-state index < -0.39 is 0 Å². The number of nitrogens with one attached hydrogen (secondary N) is 2. The molecular weight excluding hydrogens is 422 g/mol. The first-order chi connectivity index (χ1) is 15.5. The number of ether oxygens (including phenoxy) is 1. The fourth-order valence-electron chi connectivity index (χ4n) is 7.03. The summed E-state index contributed by atoms with van der Waals surface area (Å²) in [5, 5.41) is 8.86. The Hall–Kier alpha value is -2.41. The molecule has 4 saturated carbocycles. The van der Waals surface area contributed by atoms with E-state index in [0.29, 0.717) is 11.7 Å². The second kappa shape index (κ2) is 7.58. The molecule has 2 amide bonds. The van der Waals surface area contributed by atoms with Crippen LogP contribution in [0, 0.1) is 23.2 Å². The van der Waals surface area contributed by atoms with Crippen molar-refractivity contribution < 1.29 is 14.3 Å². The number of thiazole rings is 1. The number of nitrogens with zero attached hydrogens (tertiary/aromatic N) is 1. The fourth-order valence-corrected chi connectivity index (χ4v) is 7.75. The normalized spacial score (nSPS) is 32.2. The summed E-state index contributed by atoms with van der Waals surface area (Å²) >= 11 is 1.48. The van der Waals surface area contributed by atoms with Gasteiger partial charge in [0.05, 0.1) is 23.8 Å². The van der Waals surface area contributed by atoms with Gasteiger partial charge < -0.3 is 15.4 Å². The van der Waals surface area contributed by atoms with Crippen molar-refractivity contribution in [2.24, 2.45) is 23.2 Å². The van der Waals surface area contributed by atoms with E-state index in [-0.39, 0.29) is 23.3 Å². The highest BCUT2D eigenvalue weighted by atomic mass is 32.1. The maximum Gasteiger partial charge on any atom is 0.232 e. The molecule has 2 heterocycles. The highest BCUT2D eigenvalue weighted by Crippen LogP contribution is 2.60. The third-order valence-corrected chi connectivity index (χ3v) is 8.72. The molecule has 1 unspecified atom stereocenters. The van der Waals surface area contributed by atoms with Crippen molar-refractivity contribution in [2.45, 2.75) is 57.9 Å². The van der Waals surface area contributed by atoms with E-state index >= 15 is 0 Å². The van der Waals surface area contributed by atoms with Gasteiger partial charge in [0.2, 0.25) is 11.8 Å². The SMILES string of the molecule is CC(=O)NC1CCOc2ccc(-c3csc(NC(=O)C45CC6CC(CC(C6)C4)C5)n3)cc21. The monoisotopic (exact) mass is 451 g/mol. The van der Waals surface area contributed by atoms with Crippen molar-refractivity contribution >= 4 is 28.3 Å². The van der Waals surface area contributed by atoms with Gasteiger partial charge in [0, 0.05) is 29.9 Å². The number of anilines is 1. The van der Waals surface area contributed by atoms with Gasteiger partial charge in [-0.2, -0.15) is 0 Å². The second-order valence-corrected chi connectivity index (χ2v) is 11.2. The summed E-state index contributed by atoms with van der Waals surface area (Å²) in [6, 6.07) is 5.94. The van der Waals surface area contributed by atoms with E-state index in [0.717, 1.165) is 66.0 Å². The number of hydrogen-bond acceptors (Lipinski definition) is 5. The minimum atomic E-state index is -0.171. The Labute approximate surface area is 192 Å². The molecule has 4 bridgehead atoms. The minimum Gasteiger partial charge on any atom is -0.493 e. The topological polar surface area (TPSA) is 80.3 Å². The molecule has 1 aromatic carbocycles. The average molecular weight is 452 g/mol. The van der Waals surface area contributed by atoms with Gasteiger partial charge in [-0.3, -0.25) is 9.59 Å². The van der Waals surface area contributed by atoms with E-state index in [1.807, 2.05) is 17.5 Å². The quantitative estimate of drug-likeness (QED) is 0.691. The Morgan fingerprint density at radius 2 is 1.84 bits per heavy atom. The van der Waals surface area contributed by atoms with Crippen LogP contribution in [-0.4, -0.2) is 23.4 Å². The molecule has 4 fully saturated rings. The highest BCUT2D eigenvalue weighted by molar-refractivity contribution is 7.14. The zero-order valence-corrected chi connectivity index (χ0v) is 19.2. The van der Waals surface area contributed by atoms with Gasteiger partial charge in [-0.15, -0.1) is 11.3 Å². The van der Waals surface area contributed by atoms with Crippen LogP contribution in [-0.2, 0) is 9.59 Å². The van der Waals surface area contributed by atoms with Gasteiger partial charge in [0.25, 0.3) is 0 Å². The Morgan fingerprint density at radius 3 is 2.53 bits per heavy atom. The van der Waals surface area contributed by atoms with E-state index in [9.17, 15) is 9.59 Å². The van der Waals surface area contributed by atoms with Crippen LogP contribution in [0.2, 0.25) is 0 Å². The summed E-state index contributed by atoms with van der Waals surface area (Å²) in [7, 11) is 0. The van der Waals surface area contributed by atoms with Crippen molar-refractivity contribution in [3.05, 3.63) is 29.1 Å². The van der Waals surface area contributed by atoms with Crippen LogP contribution in [0.15, 0.2) is 23.6 Å². The predicted molar refractivity (Wildman–Crippen MR) is 123 cm³/mol. The number of aromatic nitrogens is 1. The molecule has 1 aromatic heterocycles. The fraction of sp³-hybridized carbons (Fsp3) is 0.560. The number of fused-ring (bicyclic) bond motifs is 1. The van der Waals surface area contributed by atoms with Crippen LogP contribution >= 0.6 is 11.3 Å². The summed E-state index contributed by atoms with van der Waals surface area (Å²) in [6.45, 7) is 2.13. The molecule has 168 valence electrons. The molecule has 2 N–H and O–H groups in total. The molecule has 7 heteroatoms. The Kier molecular flexibility index (Phi) is 4.79. The van der Waals surface area contributed by atoms with E-state index in [1.54, 1.807) is 0 Å². The van der Waals surface area contributed by atoms with E-state index in [4.69, 9.17) is 9.72 Å². The molecule has 0 radical (unpaired) electrons. The maximum atomic E-state index is 13.3. The lowest BCUT2D eigenvalue weighted by atomic mass is 9.49. The Bertz CT molecular complexity index is 1040. The number of hydrogen-bond donors (Lipinski definition) is 2. The van der Waals surface area contributed by atoms with Gasteiger partial charge in [0.1, 0.15) is 5.75 Å². The molecule has 0 saturated heterocycles. The third-order valence-electron chi connectivity index (χ3n) is 7.97. The zero-order valence-electron chi connectivity index (χ0n) is 18.4. The average Bonchev–Trinajstić information content (AvgIpc) is 3.21. The summed E-state index contributed by atoms with van der Waals surface area (Å²) < 4.78 is 5.77. The van der Waals surface area contributed by atoms with E-state index in [1.165, 1.54) is 37.5 Å². The van der Waals surface area contributed by atoms with Crippen LogP contribution < -0.4 is 15.4 Å². The first-order valence-electron chi connectivity index (χ1n) is 11.8. The lowest BCUT2D eigenvalue weighted by Gasteiger charge is -2.55. The minimum absolute atomic E-state index is 0.0448. The van der Waals surface area contributed by atoms with Crippen molar-refractivity contribution in [2.75, 3.05) is 11.9 Å². The number of carbonyl (C=O) groups excluding carboxylic acids is 2. The molecule has 7 rings (SSSR count). The first kappa shape index (κ1) is 20.2. The summed E-state index contributed by atoms with van der Waals surface area (Å²) in [4.78, 5) is 29.7. The molecule has 1 atom stereocenters. The van der Waals surface area contributed by atoms with Gasteiger partial charge in [-0.05, 0) is 74.5 Å². The summed E-state index contributed by atoms with van der Waals surface area (Å²) in [5.41, 5.74) is 2.62. The van der Waals surface area contributed by atoms with Gasteiger partial charge in [-0.25, -0.2) is 4.98 Å². The van der Waals surface area contributed by atoms with Gasteiger partial charge in [0.15, 0.2) is 5.13 Å². The largest absolute Gasteiger partial charge is 0.493 e. The molecule has 5 aliphatic rings. The first-order valence-corrected chi connectivity index (χ1v) is 12.7. The van der Waals surface area contributed by atoms with Crippen LogP contribution in [0.4, 0.5) is 5.13 Å². The lowest BCUT2D eigenvalue weighted by molar-refractivity contribution is -0.140. The van der Waals surface area contributed by atoms with Crippen LogP contribution in [0.5, 0.6) is 5.75 Å². The van der Waals surface area contributed by atoms with Crippen LogP contribution in [0.3, 0.4) is 0 Å². The Morgan fingerprint density at radius 1 is 1.12 bits per heavy atom. The van der Waals surface area contributed by atoms with Crippen molar-refractivity contribution in [3.63, 3.8) is 0 Å². The maximum absolute atomic E-state index is 13.3. The van der Waals surface area contributed by atoms with Crippen molar-refractivity contribution in [3.8, 4) is 17.0 Å². The molecule has 0 spiro atoms. The Balaban J connectivity index is 1.21. The number of rotatable bonds is 4. The van der Waals surface area contributed by atoms with Gasteiger partial charge >= 0.3 is 0 Å². The smallest absolute Gasteiger partial charge is 0.232 e. The van der Waals surface area contributed by atoms with Crippen molar-refractivity contribution in [1.29, 1.82) is 0 Å². The molecule has 2 aromatic rings.